The fraction of sp³-hybridized carbons (Fsp3) is 0.346. The van der Waals surface area contributed by atoms with E-state index in [2.05, 4.69) is 76.6 Å². The molecule has 0 fully saturated rings. The normalized spacial score (nSPS) is 11.6. The first-order valence-corrected chi connectivity index (χ1v) is 13.5. The second kappa shape index (κ2) is 13.5. The molecule has 5 rings (SSSR count). The van der Waals surface area contributed by atoms with E-state index in [9.17, 15) is 4.79 Å². The minimum Gasteiger partial charge on any atom is -0.328 e. The van der Waals surface area contributed by atoms with Crippen LogP contribution in [0.2, 0.25) is 0 Å². The number of hydrogen-bond acceptors (Lipinski definition) is 10. The van der Waals surface area contributed by atoms with E-state index in [1.165, 1.54) is 36.5 Å². The molecule has 1 atom stereocenters. The van der Waals surface area contributed by atoms with E-state index in [0.717, 1.165) is 58.7 Å². The lowest BCUT2D eigenvalue weighted by atomic mass is 10.1. The Labute approximate surface area is 231 Å². The molecule has 0 aromatic carbocycles. The Kier molecular flexibility index (Phi) is 9.64. The topological polar surface area (TPSA) is 140 Å². The number of hydrogen-bond donors (Lipinski definition) is 3. The van der Waals surface area contributed by atoms with Crippen LogP contribution in [0.1, 0.15) is 38.6 Å². The zero-order chi connectivity index (χ0) is 27.6. The molecular weight excluding hydrogens is 514 g/mol. The lowest BCUT2D eigenvalue weighted by Crippen LogP contribution is -2.20. The maximum atomic E-state index is 9.80. The second-order valence-electron chi connectivity index (χ2n) is 8.96. The van der Waals surface area contributed by atoms with Gasteiger partial charge in [-0.25, -0.2) is 15.0 Å². The van der Waals surface area contributed by atoms with E-state index < -0.39 is 0 Å². The SMILES string of the molecule is CCC(C)CNCc1cc(Nc2nc(C)cn3c(-c4cnn(CC)c4)cnc23)sn1.O=CNc1cnccn1. The molecule has 1 unspecified atom stereocenters. The van der Waals surface area contributed by atoms with Gasteiger partial charge in [-0.2, -0.15) is 9.47 Å². The number of aryl methyl sites for hydroxylation is 2. The average molecular weight is 548 g/mol. The number of carbonyl (C=O) groups excluding carboxylic acids is 1. The van der Waals surface area contributed by atoms with Gasteiger partial charge in [0.1, 0.15) is 5.00 Å². The fourth-order valence-electron chi connectivity index (χ4n) is 3.67. The van der Waals surface area contributed by atoms with Crippen molar-refractivity contribution < 1.29 is 4.79 Å². The van der Waals surface area contributed by atoms with Gasteiger partial charge in [-0.3, -0.25) is 18.9 Å². The van der Waals surface area contributed by atoms with Crippen molar-refractivity contribution in [2.45, 2.75) is 47.2 Å². The smallest absolute Gasteiger partial charge is 0.212 e. The third-order valence-electron chi connectivity index (χ3n) is 5.93. The zero-order valence-corrected chi connectivity index (χ0v) is 23.3. The van der Waals surface area contributed by atoms with Crippen LogP contribution in [0.3, 0.4) is 0 Å². The summed E-state index contributed by atoms with van der Waals surface area (Å²) in [5, 5.41) is 14.6. The summed E-state index contributed by atoms with van der Waals surface area (Å²) in [4.78, 5) is 26.6. The minimum atomic E-state index is 0.465. The molecular formula is C26H33N11OS. The summed E-state index contributed by atoms with van der Waals surface area (Å²) in [6.45, 7) is 11.1. The molecule has 13 heteroatoms. The van der Waals surface area contributed by atoms with Crippen LogP contribution in [-0.2, 0) is 17.9 Å². The summed E-state index contributed by atoms with van der Waals surface area (Å²) < 4.78 is 8.53. The van der Waals surface area contributed by atoms with Gasteiger partial charge in [0.25, 0.3) is 0 Å². The minimum absolute atomic E-state index is 0.465. The molecule has 5 heterocycles. The van der Waals surface area contributed by atoms with Gasteiger partial charge in [0.05, 0.1) is 35.7 Å². The van der Waals surface area contributed by atoms with E-state index in [-0.39, 0.29) is 0 Å². The quantitative estimate of drug-likeness (QED) is 0.206. The van der Waals surface area contributed by atoms with Gasteiger partial charge >= 0.3 is 0 Å². The molecule has 0 aliphatic carbocycles. The number of nitrogens with one attached hydrogen (secondary N) is 3. The summed E-state index contributed by atoms with van der Waals surface area (Å²) in [5.41, 5.74) is 4.76. The Morgan fingerprint density at radius 2 is 2.00 bits per heavy atom. The van der Waals surface area contributed by atoms with Crippen molar-refractivity contribution in [1.29, 1.82) is 0 Å². The third kappa shape index (κ3) is 7.42. The zero-order valence-electron chi connectivity index (χ0n) is 22.5. The van der Waals surface area contributed by atoms with Gasteiger partial charge in [-0.15, -0.1) is 0 Å². The monoisotopic (exact) mass is 547 g/mol. The van der Waals surface area contributed by atoms with Crippen LogP contribution in [0.5, 0.6) is 0 Å². The molecule has 0 radical (unpaired) electrons. The van der Waals surface area contributed by atoms with E-state index in [1.807, 2.05) is 36.4 Å². The number of aromatic nitrogens is 8. The van der Waals surface area contributed by atoms with E-state index in [4.69, 9.17) is 0 Å². The predicted molar refractivity (Wildman–Crippen MR) is 153 cm³/mol. The van der Waals surface area contributed by atoms with Gasteiger partial charge in [0, 0.05) is 43.4 Å². The number of nitrogens with zero attached hydrogens (tertiary/aromatic N) is 8. The van der Waals surface area contributed by atoms with Crippen molar-refractivity contribution in [3.05, 3.63) is 60.8 Å². The number of imidazole rings is 1. The lowest BCUT2D eigenvalue weighted by Gasteiger charge is -2.08. The van der Waals surface area contributed by atoms with Gasteiger partial charge in [0.15, 0.2) is 17.3 Å². The van der Waals surface area contributed by atoms with Crippen LogP contribution in [0.25, 0.3) is 16.9 Å². The highest BCUT2D eigenvalue weighted by Gasteiger charge is 2.14. The maximum absolute atomic E-state index is 9.80. The summed E-state index contributed by atoms with van der Waals surface area (Å²) in [6.07, 6.45) is 14.0. The number of fused-ring (bicyclic) bond motifs is 1. The van der Waals surface area contributed by atoms with E-state index >= 15 is 0 Å². The molecule has 1 amide bonds. The third-order valence-corrected chi connectivity index (χ3v) is 6.67. The first-order valence-electron chi connectivity index (χ1n) is 12.8. The second-order valence-corrected chi connectivity index (χ2v) is 9.76. The van der Waals surface area contributed by atoms with Crippen molar-refractivity contribution in [3.8, 4) is 11.3 Å². The Bertz CT molecular complexity index is 1480. The van der Waals surface area contributed by atoms with Gasteiger partial charge in [0.2, 0.25) is 6.41 Å². The summed E-state index contributed by atoms with van der Waals surface area (Å²) >= 11 is 1.44. The van der Waals surface area contributed by atoms with Crippen molar-refractivity contribution in [2.24, 2.45) is 5.92 Å². The van der Waals surface area contributed by atoms with Crippen LogP contribution in [-0.4, -0.2) is 51.4 Å². The standard InChI is InChI=1S/C21H28N8S.C5H5N3O/c1-5-14(3)8-22-10-17-7-19(30-27-17)26-20-21-23-11-18(29(21)12-15(4)25-20)16-9-24-28(6-2)13-16;9-4-8-5-3-6-1-2-7-5/h7,9,11-14,22H,5-6,8,10H2,1-4H3,(H,25,26);1-4H,(H,7,8,9). The highest BCUT2D eigenvalue weighted by atomic mass is 32.1. The number of amides is 1. The molecule has 0 saturated carbocycles. The first kappa shape index (κ1) is 27.8. The van der Waals surface area contributed by atoms with Crippen LogP contribution in [0.15, 0.2) is 49.4 Å². The van der Waals surface area contributed by atoms with Crippen LogP contribution >= 0.6 is 11.5 Å². The lowest BCUT2D eigenvalue weighted by molar-refractivity contribution is -0.105. The average Bonchev–Trinajstić information content (AvgIpc) is 3.69. The molecule has 3 N–H and O–H groups in total. The number of rotatable bonds is 11. The van der Waals surface area contributed by atoms with Crippen LogP contribution in [0, 0.1) is 12.8 Å². The number of carbonyl (C=O) groups is 1. The Hall–Kier alpha value is -4.23. The van der Waals surface area contributed by atoms with Gasteiger partial charge in [-0.05, 0) is 43.9 Å². The summed E-state index contributed by atoms with van der Waals surface area (Å²) in [5.74, 6) is 1.87. The van der Waals surface area contributed by atoms with Crippen molar-refractivity contribution >= 4 is 40.2 Å². The Morgan fingerprint density at radius 3 is 2.72 bits per heavy atom. The van der Waals surface area contributed by atoms with E-state index in [1.54, 1.807) is 0 Å². The molecule has 5 aromatic heterocycles. The first-order chi connectivity index (χ1) is 19.0. The summed E-state index contributed by atoms with van der Waals surface area (Å²) in [6, 6.07) is 2.07. The molecule has 0 saturated heterocycles. The molecule has 39 heavy (non-hydrogen) atoms. The Balaban J connectivity index is 0.000000333. The molecule has 0 bridgehead atoms. The molecule has 5 aromatic rings. The van der Waals surface area contributed by atoms with E-state index in [0.29, 0.717) is 18.1 Å². The van der Waals surface area contributed by atoms with Crippen molar-refractivity contribution in [3.63, 3.8) is 0 Å². The van der Waals surface area contributed by atoms with Gasteiger partial charge < -0.3 is 16.0 Å². The summed E-state index contributed by atoms with van der Waals surface area (Å²) in [7, 11) is 0. The van der Waals surface area contributed by atoms with Gasteiger partial charge in [-0.1, -0.05) is 20.3 Å². The highest BCUT2D eigenvalue weighted by molar-refractivity contribution is 7.10. The van der Waals surface area contributed by atoms with Crippen LogP contribution < -0.4 is 16.0 Å². The van der Waals surface area contributed by atoms with Crippen molar-refractivity contribution in [1.82, 2.24) is 43.8 Å². The Morgan fingerprint density at radius 1 is 1.13 bits per heavy atom. The maximum Gasteiger partial charge on any atom is 0.212 e. The molecule has 0 spiro atoms. The van der Waals surface area contributed by atoms with Crippen molar-refractivity contribution in [2.75, 3.05) is 17.2 Å². The molecule has 12 nitrogen and oxygen atoms in total. The largest absolute Gasteiger partial charge is 0.328 e. The molecule has 0 aliphatic rings. The predicted octanol–water partition coefficient (Wildman–Crippen LogP) is 4.30. The highest BCUT2D eigenvalue weighted by Crippen LogP contribution is 2.27. The molecule has 0 aliphatic heterocycles. The van der Waals surface area contributed by atoms with Crippen LogP contribution in [0.4, 0.5) is 16.6 Å². The number of anilines is 3. The fourth-order valence-corrected chi connectivity index (χ4v) is 4.33. The molecule has 204 valence electrons.